The molecule has 0 N–H and O–H groups in total. The molecule has 1 aromatic heterocycles. The summed E-state index contributed by atoms with van der Waals surface area (Å²) in [5.41, 5.74) is 1.97. The molecule has 20 heavy (non-hydrogen) atoms. The van der Waals surface area contributed by atoms with Gasteiger partial charge < -0.3 is 4.57 Å². The molecule has 1 heterocycles. The van der Waals surface area contributed by atoms with Crippen LogP contribution >= 0.6 is 27.5 Å². The second-order valence-corrected chi connectivity index (χ2v) is 7.14. The molecule has 1 saturated carbocycles. The first-order valence-electron chi connectivity index (χ1n) is 6.87. The van der Waals surface area contributed by atoms with Gasteiger partial charge in [0.05, 0.1) is 21.4 Å². The molecule has 2 nitrogen and oxygen atoms in total. The van der Waals surface area contributed by atoms with E-state index in [1.54, 1.807) is 12.1 Å². The minimum absolute atomic E-state index is 0.255. The fraction of sp³-hybridized carbons (Fsp3) is 0.533. The molecule has 5 heteroatoms. The van der Waals surface area contributed by atoms with Crippen molar-refractivity contribution in [1.82, 2.24) is 9.55 Å². The third kappa shape index (κ3) is 2.27. The maximum absolute atomic E-state index is 13.8. The Hall–Kier alpha value is -0.610. The zero-order valence-corrected chi connectivity index (χ0v) is 13.9. The average molecular weight is 360 g/mol. The van der Waals surface area contributed by atoms with Gasteiger partial charge in [0, 0.05) is 12.6 Å². The van der Waals surface area contributed by atoms with Gasteiger partial charge >= 0.3 is 0 Å². The van der Waals surface area contributed by atoms with Gasteiger partial charge in [-0.25, -0.2) is 9.37 Å². The van der Waals surface area contributed by atoms with E-state index in [1.165, 1.54) is 12.8 Å². The van der Waals surface area contributed by atoms with E-state index in [0.717, 1.165) is 23.4 Å². The van der Waals surface area contributed by atoms with E-state index in [0.29, 0.717) is 21.7 Å². The van der Waals surface area contributed by atoms with E-state index in [4.69, 9.17) is 11.6 Å². The maximum atomic E-state index is 13.8. The molecule has 1 fully saturated rings. The van der Waals surface area contributed by atoms with Crippen molar-refractivity contribution in [3.05, 3.63) is 28.2 Å². The van der Waals surface area contributed by atoms with Crippen LogP contribution < -0.4 is 0 Å². The van der Waals surface area contributed by atoms with Crippen molar-refractivity contribution in [1.29, 1.82) is 0 Å². The molecule has 0 unspecified atom stereocenters. The summed E-state index contributed by atoms with van der Waals surface area (Å²) in [5, 5.41) is 0. The summed E-state index contributed by atoms with van der Waals surface area (Å²) in [6, 6.07) is 3.28. The summed E-state index contributed by atoms with van der Waals surface area (Å²) in [5.74, 6) is 1.53. The van der Waals surface area contributed by atoms with Crippen LogP contribution in [0.25, 0.3) is 11.0 Å². The van der Waals surface area contributed by atoms with Gasteiger partial charge in [0.15, 0.2) is 0 Å². The second-order valence-electron chi connectivity index (χ2n) is 6.02. The van der Waals surface area contributed by atoms with E-state index in [9.17, 15) is 4.39 Å². The number of aromatic nitrogens is 2. The summed E-state index contributed by atoms with van der Waals surface area (Å²) in [4.78, 5) is 4.54. The number of nitrogens with zero attached hydrogens (tertiary/aromatic N) is 2. The molecule has 0 saturated heterocycles. The fourth-order valence-corrected chi connectivity index (χ4v) is 3.38. The van der Waals surface area contributed by atoms with Gasteiger partial charge in [-0.05, 0) is 46.2 Å². The molecule has 0 amide bonds. The van der Waals surface area contributed by atoms with E-state index >= 15 is 0 Å². The lowest BCUT2D eigenvalue weighted by Crippen LogP contribution is -2.19. The smallest absolute Gasteiger partial charge is 0.139 e. The molecule has 0 bridgehead atoms. The predicted molar refractivity (Wildman–Crippen MR) is 83.5 cm³/mol. The standard InChI is InChI=1S/C15H17BrClFN2/c1-9(2)15(3-4-15)8-20-13-6-11(18)10(16)5-12(13)19-14(20)7-17/h5-6,9H,3-4,7-8H2,1-2H3. The zero-order valence-electron chi connectivity index (χ0n) is 11.6. The van der Waals surface area contributed by atoms with Crippen molar-refractivity contribution in [2.45, 2.75) is 39.1 Å². The SMILES string of the molecule is CC(C)C1(Cn2c(CCl)nc3cc(Br)c(F)cc32)CC1. The maximum Gasteiger partial charge on any atom is 0.139 e. The molecule has 0 aliphatic heterocycles. The van der Waals surface area contributed by atoms with Gasteiger partial charge in [0.1, 0.15) is 11.6 Å². The van der Waals surface area contributed by atoms with Crippen LogP contribution in [0.4, 0.5) is 4.39 Å². The van der Waals surface area contributed by atoms with E-state index in [-0.39, 0.29) is 5.82 Å². The zero-order chi connectivity index (χ0) is 14.5. The average Bonchev–Trinajstić information content (AvgIpc) is 3.12. The summed E-state index contributed by atoms with van der Waals surface area (Å²) >= 11 is 9.23. The Balaban J connectivity index is 2.11. The van der Waals surface area contributed by atoms with Crippen molar-refractivity contribution in [3.63, 3.8) is 0 Å². The Morgan fingerprint density at radius 2 is 2.15 bits per heavy atom. The van der Waals surface area contributed by atoms with Crippen LogP contribution in [0.2, 0.25) is 0 Å². The van der Waals surface area contributed by atoms with Crippen molar-refractivity contribution in [2.75, 3.05) is 0 Å². The molecule has 1 aromatic carbocycles. The van der Waals surface area contributed by atoms with Crippen molar-refractivity contribution in [3.8, 4) is 0 Å². The largest absolute Gasteiger partial charge is 0.326 e. The summed E-state index contributed by atoms with van der Waals surface area (Å²) in [7, 11) is 0. The van der Waals surface area contributed by atoms with Crippen molar-refractivity contribution in [2.24, 2.45) is 11.3 Å². The summed E-state index contributed by atoms with van der Waals surface area (Å²) in [6.45, 7) is 5.39. The first-order chi connectivity index (χ1) is 9.47. The Morgan fingerprint density at radius 1 is 1.45 bits per heavy atom. The van der Waals surface area contributed by atoms with Crippen LogP contribution in [0, 0.1) is 17.2 Å². The van der Waals surface area contributed by atoms with Gasteiger partial charge in [0.25, 0.3) is 0 Å². The molecule has 1 aliphatic rings. The predicted octanol–water partition coefficient (Wildman–Crippen LogP) is 5.11. The highest BCUT2D eigenvalue weighted by Gasteiger charge is 2.46. The van der Waals surface area contributed by atoms with Crippen LogP contribution in [0.5, 0.6) is 0 Å². The van der Waals surface area contributed by atoms with E-state index in [1.807, 2.05) is 0 Å². The minimum Gasteiger partial charge on any atom is -0.326 e. The number of benzene rings is 1. The Kier molecular flexibility index (Phi) is 3.57. The van der Waals surface area contributed by atoms with E-state index in [2.05, 4.69) is 39.3 Å². The number of hydrogen-bond acceptors (Lipinski definition) is 1. The van der Waals surface area contributed by atoms with Crippen molar-refractivity contribution >= 4 is 38.6 Å². The van der Waals surface area contributed by atoms with Crippen LogP contribution in [-0.2, 0) is 12.4 Å². The van der Waals surface area contributed by atoms with Gasteiger partial charge in [-0.3, -0.25) is 0 Å². The quantitative estimate of drug-likeness (QED) is 0.693. The summed E-state index contributed by atoms with van der Waals surface area (Å²) < 4.78 is 16.4. The monoisotopic (exact) mass is 358 g/mol. The highest BCUT2D eigenvalue weighted by atomic mass is 79.9. The molecule has 1 aliphatic carbocycles. The third-order valence-electron chi connectivity index (χ3n) is 4.58. The van der Waals surface area contributed by atoms with Gasteiger partial charge in [-0.2, -0.15) is 0 Å². The number of hydrogen-bond donors (Lipinski definition) is 0. The molecular weight excluding hydrogens is 343 g/mol. The molecular formula is C15H17BrClFN2. The second kappa shape index (κ2) is 4.99. The molecule has 0 radical (unpaired) electrons. The van der Waals surface area contributed by atoms with E-state index < -0.39 is 0 Å². The number of alkyl halides is 1. The van der Waals surface area contributed by atoms with Gasteiger partial charge in [-0.15, -0.1) is 11.6 Å². The molecule has 108 valence electrons. The first kappa shape index (κ1) is 14.3. The molecule has 0 spiro atoms. The highest BCUT2D eigenvalue weighted by Crippen LogP contribution is 2.53. The van der Waals surface area contributed by atoms with Crippen LogP contribution in [-0.4, -0.2) is 9.55 Å². The highest BCUT2D eigenvalue weighted by molar-refractivity contribution is 9.10. The first-order valence-corrected chi connectivity index (χ1v) is 8.20. The number of rotatable bonds is 4. The Bertz CT molecular complexity index is 661. The topological polar surface area (TPSA) is 17.8 Å². The lowest BCUT2D eigenvalue weighted by molar-refractivity contribution is 0.309. The lowest BCUT2D eigenvalue weighted by atomic mass is 9.92. The molecule has 3 rings (SSSR count). The summed E-state index contributed by atoms with van der Waals surface area (Å²) in [6.07, 6.45) is 2.45. The van der Waals surface area contributed by atoms with Crippen molar-refractivity contribution < 1.29 is 4.39 Å². The number of halogens is 3. The van der Waals surface area contributed by atoms with Gasteiger partial charge in [0.2, 0.25) is 0 Å². The number of imidazole rings is 1. The lowest BCUT2D eigenvalue weighted by Gasteiger charge is -2.21. The third-order valence-corrected chi connectivity index (χ3v) is 5.43. The minimum atomic E-state index is -0.255. The van der Waals surface area contributed by atoms with Crippen LogP contribution in [0.1, 0.15) is 32.5 Å². The van der Waals surface area contributed by atoms with Crippen LogP contribution in [0.3, 0.4) is 0 Å². The Morgan fingerprint density at radius 3 is 2.70 bits per heavy atom. The Labute approximate surface area is 131 Å². The molecule has 0 atom stereocenters. The number of fused-ring (bicyclic) bond motifs is 1. The van der Waals surface area contributed by atoms with Gasteiger partial charge in [-0.1, -0.05) is 13.8 Å². The fourth-order valence-electron chi connectivity index (χ4n) is 2.84. The normalized spacial score (nSPS) is 17.1. The van der Waals surface area contributed by atoms with Crippen LogP contribution in [0.15, 0.2) is 16.6 Å². The molecule has 2 aromatic rings.